The normalized spacial score (nSPS) is 10.8. The average Bonchev–Trinajstić information content (AvgIpc) is 3.07. The Labute approximate surface area is 166 Å². The number of carbonyl (C=O) groups is 1. The molecule has 1 aromatic heterocycles. The number of methoxy groups -OCH3 is 2. The Morgan fingerprint density at radius 1 is 1.25 bits per heavy atom. The molecule has 28 heavy (non-hydrogen) atoms. The van der Waals surface area contributed by atoms with E-state index in [9.17, 15) is 14.9 Å². The van der Waals surface area contributed by atoms with Gasteiger partial charge in [-0.25, -0.2) is 0 Å². The highest BCUT2D eigenvalue weighted by Crippen LogP contribution is 2.35. The molecule has 10 nitrogen and oxygen atoms in total. The zero-order valence-corrected chi connectivity index (χ0v) is 16.9. The van der Waals surface area contributed by atoms with E-state index in [-0.39, 0.29) is 28.8 Å². The maximum absolute atomic E-state index is 12.6. The molecule has 2 rings (SSSR count). The summed E-state index contributed by atoms with van der Waals surface area (Å²) in [5.74, 6) is 0.0655. The molecule has 1 amide bonds. The van der Waals surface area contributed by atoms with Gasteiger partial charge in [-0.15, -0.1) is 10.2 Å². The molecule has 1 N–H and O–H groups in total. The second-order valence-corrected chi connectivity index (χ2v) is 7.23. The van der Waals surface area contributed by atoms with Crippen LogP contribution in [0.25, 0.3) is 0 Å². The monoisotopic (exact) mass is 410 g/mol. The van der Waals surface area contributed by atoms with Crippen LogP contribution in [0.1, 0.15) is 29.2 Å². The van der Waals surface area contributed by atoms with Crippen molar-refractivity contribution in [1.82, 2.24) is 10.2 Å². The van der Waals surface area contributed by atoms with Gasteiger partial charge in [-0.1, -0.05) is 25.2 Å². The van der Waals surface area contributed by atoms with Crippen LogP contribution in [-0.4, -0.2) is 48.5 Å². The number of rotatable bonds is 10. The number of amides is 1. The minimum atomic E-state index is -0.680. The van der Waals surface area contributed by atoms with E-state index in [0.29, 0.717) is 12.5 Å². The molecule has 11 heteroatoms. The summed E-state index contributed by atoms with van der Waals surface area (Å²) in [6.45, 7) is 4.57. The second kappa shape index (κ2) is 9.95. The zero-order valence-electron chi connectivity index (χ0n) is 16.1. The third kappa shape index (κ3) is 5.60. The first-order chi connectivity index (χ1) is 13.3. The Morgan fingerprint density at radius 3 is 2.61 bits per heavy atom. The van der Waals surface area contributed by atoms with Crippen molar-refractivity contribution in [2.45, 2.75) is 20.3 Å². The van der Waals surface area contributed by atoms with Crippen LogP contribution in [0.15, 0.2) is 12.1 Å². The van der Waals surface area contributed by atoms with Gasteiger partial charge in [0, 0.05) is 19.6 Å². The van der Waals surface area contributed by atoms with Crippen molar-refractivity contribution in [1.29, 1.82) is 0 Å². The van der Waals surface area contributed by atoms with Gasteiger partial charge in [0.05, 0.1) is 24.7 Å². The lowest BCUT2D eigenvalue weighted by molar-refractivity contribution is -0.385. The molecular formula is C17H22N4O6S. The summed E-state index contributed by atoms with van der Waals surface area (Å²) in [6, 6.07) is 2.43. The lowest BCUT2D eigenvalue weighted by atomic mass is 10.1. The van der Waals surface area contributed by atoms with Crippen LogP contribution >= 0.6 is 11.3 Å². The van der Waals surface area contributed by atoms with Crippen LogP contribution in [0.4, 0.5) is 10.8 Å². The standard InChI is InChI=1S/C17H22N4O6S/c1-10(2)7-15-19-20-17(28-15)18-16(22)11-8-13(26-4)14(27-6-5-25-3)9-12(11)21(23)24/h8-10H,5-7H2,1-4H3,(H,18,20,22). The number of ether oxygens (including phenoxy) is 3. The summed E-state index contributed by atoms with van der Waals surface area (Å²) in [5.41, 5.74) is -0.570. The molecule has 0 aliphatic heterocycles. The van der Waals surface area contributed by atoms with Crippen LogP contribution in [-0.2, 0) is 11.2 Å². The lowest BCUT2D eigenvalue weighted by Gasteiger charge is -2.12. The van der Waals surface area contributed by atoms with Crippen molar-refractivity contribution in [3.8, 4) is 11.5 Å². The van der Waals surface area contributed by atoms with Crippen LogP contribution in [0.3, 0.4) is 0 Å². The number of hydrogen-bond donors (Lipinski definition) is 1. The molecule has 0 saturated carbocycles. The summed E-state index contributed by atoms with van der Waals surface area (Å²) < 4.78 is 15.5. The molecule has 0 aliphatic rings. The summed E-state index contributed by atoms with van der Waals surface area (Å²) in [5, 5.41) is 23.0. The van der Waals surface area contributed by atoms with E-state index in [2.05, 4.69) is 15.5 Å². The van der Waals surface area contributed by atoms with Gasteiger partial charge in [0.1, 0.15) is 17.2 Å². The molecule has 0 atom stereocenters. The number of benzene rings is 1. The molecule has 0 fully saturated rings. The molecule has 0 unspecified atom stereocenters. The Kier molecular flexibility index (Phi) is 7.64. The number of nitrogens with one attached hydrogen (secondary N) is 1. The van der Waals surface area contributed by atoms with Crippen LogP contribution in [0.5, 0.6) is 11.5 Å². The van der Waals surface area contributed by atoms with Gasteiger partial charge in [-0.3, -0.25) is 20.2 Å². The van der Waals surface area contributed by atoms with E-state index in [1.54, 1.807) is 0 Å². The quantitative estimate of drug-likeness (QED) is 0.360. The second-order valence-electron chi connectivity index (χ2n) is 6.17. The van der Waals surface area contributed by atoms with E-state index < -0.39 is 16.5 Å². The molecule has 0 spiro atoms. The van der Waals surface area contributed by atoms with E-state index in [1.807, 2.05) is 13.8 Å². The fourth-order valence-corrected chi connectivity index (χ4v) is 3.24. The maximum atomic E-state index is 12.6. The number of hydrogen-bond acceptors (Lipinski definition) is 9. The summed E-state index contributed by atoms with van der Waals surface area (Å²) in [6.07, 6.45) is 0.731. The Morgan fingerprint density at radius 2 is 2.00 bits per heavy atom. The number of nitro groups is 1. The number of anilines is 1. The third-order valence-corrected chi connectivity index (χ3v) is 4.40. The van der Waals surface area contributed by atoms with Crippen molar-refractivity contribution < 1.29 is 23.9 Å². The van der Waals surface area contributed by atoms with Gasteiger partial charge in [0.25, 0.3) is 11.6 Å². The van der Waals surface area contributed by atoms with Gasteiger partial charge in [0.15, 0.2) is 11.5 Å². The Hall–Kier alpha value is -2.79. The zero-order chi connectivity index (χ0) is 20.7. The molecular weight excluding hydrogens is 388 g/mol. The van der Waals surface area contributed by atoms with Crippen LogP contribution < -0.4 is 14.8 Å². The average molecular weight is 410 g/mol. The molecule has 1 aromatic carbocycles. The Balaban J connectivity index is 2.28. The lowest BCUT2D eigenvalue weighted by Crippen LogP contribution is -2.15. The van der Waals surface area contributed by atoms with Crippen molar-refractivity contribution in [2.24, 2.45) is 5.92 Å². The van der Waals surface area contributed by atoms with Crippen molar-refractivity contribution >= 4 is 28.1 Å². The largest absolute Gasteiger partial charge is 0.493 e. The molecule has 1 heterocycles. The van der Waals surface area contributed by atoms with E-state index in [4.69, 9.17) is 14.2 Å². The smallest absolute Gasteiger partial charge is 0.286 e. The maximum Gasteiger partial charge on any atom is 0.286 e. The molecule has 0 bridgehead atoms. The summed E-state index contributed by atoms with van der Waals surface area (Å²) >= 11 is 1.23. The van der Waals surface area contributed by atoms with Crippen LogP contribution in [0, 0.1) is 16.0 Å². The molecule has 0 aliphatic carbocycles. The highest BCUT2D eigenvalue weighted by molar-refractivity contribution is 7.15. The predicted octanol–water partition coefficient (Wildman–Crippen LogP) is 2.93. The predicted molar refractivity (Wildman–Crippen MR) is 103 cm³/mol. The minimum absolute atomic E-state index is 0.151. The van der Waals surface area contributed by atoms with E-state index in [1.165, 1.54) is 31.6 Å². The fourth-order valence-electron chi connectivity index (χ4n) is 2.29. The molecule has 0 radical (unpaired) electrons. The van der Waals surface area contributed by atoms with Crippen LogP contribution in [0.2, 0.25) is 0 Å². The topological polar surface area (TPSA) is 126 Å². The van der Waals surface area contributed by atoms with Gasteiger partial charge >= 0.3 is 0 Å². The summed E-state index contributed by atoms with van der Waals surface area (Å²) in [7, 11) is 2.89. The van der Waals surface area contributed by atoms with Crippen molar-refractivity contribution in [3.05, 3.63) is 32.8 Å². The van der Waals surface area contributed by atoms with Gasteiger partial charge in [-0.2, -0.15) is 0 Å². The number of carbonyl (C=O) groups excluding carboxylic acids is 1. The highest BCUT2D eigenvalue weighted by Gasteiger charge is 2.25. The van der Waals surface area contributed by atoms with Crippen molar-refractivity contribution in [2.75, 3.05) is 32.8 Å². The highest BCUT2D eigenvalue weighted by atomic mass is 32.1. The molecule has 152 valence electrons. The van der Waals surface area contributed by atoms with Gasteiger partial charge in [-0.05, 0) is 5.92 Å². The minimum Gasteiger partial charge on any atom is -0.493 e. The van der Waals surface area contributed by atoms with Gasteiger partial charge < -0.3 is 14.2 Å². The first-order valence-corrected chi connectivity index (χ1v) is 9.29. The molecule has 2 aromatic rings. The Bertz CT molecular complexity index is 839. The van der Waals surface area contributed by atoms with E-state index >= 15 is 0 Å². The van der Waals surface area contributed by atoms with Gasteiger partial charge in [0.2, 0.25) is 5.13 Å². The third-order valence-electron chi connectivity index (χ3n) is 3.54. The van der Waals surface area contributed by atoms with E-state index in [0.717, 1.165) is 17.5 Å². The number of nitro benzene ring substituents is 1. The molecule has 0 saturated heterocycles. The number of aromatic nitrogens is 2. The first-order valence-electron chi connectivity index (χ1n) is 8.47. The SMILES string of the molecule is COCCOc1cc([N+](=O)[O-])c(C(=O)Nc2nnc(CC(C)C)s2)cc1OC. The first kappa shape index (κ1) is 21.5. The summed E-state index contributed by atoms with van der Waals surface area (Å²) in [4.78, 5) is 23.4. The number of nitrogens with zero attached hydrogens (tertiary/aromatic N) is 3. The fraction of sp³-hybridized carbons (Fsp3) is 0.471. The van der Waals surface area contributed by atoms with Crippen molar-refractivity contribution in [3.63, 3.8) is 0 Å².